The zero-order valence-corrected chi connectivity index (χ0v) is 17.0. The van der Waals surface area contributed by atoms with Crippen molar-refractivity contribution in [1.82, 2.24) is 9.88 Å². The molecule has 0 spiro atoms. The Labute approximate surface area is 172 Å². The summed E-state index contributed by atoms with van der Waals surface area (Å²) in [7, 11) is 0. The van der Waals surface area contributed by atoms with Crippen molar-refractivity contribution in [3.8, 4) is 0 Å². The van der Waals surface area contributed by atoms with E-state index in [2.05, 4.69) is 45.1 Å². The third-order valence-electron chi connectivity index (χ3n) is 7.12. The molecule has 1 aromatic carbocycles. The molecule has 0 radical (unpaired) electrons. The van der Waals surface area contributed by atoms with Crippen LogP contribution in [0.5, 0.6) is 0 Å². The van der Waals surface area contributed by atoms with Crippen LogP contribution >= 0.6 is 0 Å². The number of nitrogens with zero attached hydrogens (tertiary/aromatic N) is 3. The van der Waals surface area contributed by atoms with Gasteiger partial charge in [-0.05, 0) is 62.1 Å². The molecule has 5 nitrogen and oxygen atoms in total. The van der Waals surface area contributed by atoms with Gasteiger partial charge in [0, 0.05) is 37.4 Å². The molecule has 3 aliphatic rings. The molecule has 0 amide bonds. The standard InChI is InChI=1S/C24H29N3O2/c1-16-10-11-20(24(28)29)23(25-16)26-13-17-12-19(15-26)22-9-5-8-21(27(22)14-17)18-6-3-2-4-7-18/h2-4,6-7,10-11,17,19,21-22H,5,8-9,12-15H2,1H3,(H,28,29)/t17-,19+,21+,22-/m0/s1. The van der Waals surface area contributed by atoms with Gasteiger partial charge in [0.15, 0.2) is 0 Å². The van der Waals surface area contributed by atoms with Crippen molar-refractivity contribution in [3.63, 3.8) is 0 Å². The van der Waals surface area contributed by atoms with Crippen molar-refractivity contribution >= 4 is 11.8 Å². The van der Waals surface area contributed by atoms with Gasteiger partial charge in [0.1, 0.15) is 11.4 Å². The van der Waals surface area contributed by atoms with Gasteiger partial charge >= 0.3 is 5.97 Å². The lowest BCUT2D eigenvalue weighted by Crippen LogP contribution is -2.60. The minimum atomic E-state index is -0.883. The Morgan fingerprint density at radius 2 is 1.90 bits per heavy atom. The molecule has 0 unspecified atom stereocenters. The van der Waals surface area contributed by atoms with Crippen molar-refractivity contribution in [2.75, 3.05) is 24.5 Å². The van der Waals surface area contributed by atoms with E-state index < -0.39 is 5.97 Å². The Morgan fingerprint density at radius 1 is 1.07 bits per heavy atom. The van der Waals surface area contributed by atoms with Gasteiger partial charge in [-0.1, -0.05) is 30.3 Å². The fraction of sp³-hybridized carbons (Fsp3) is 0.500. The quantitative estimate of drug-likeness (QED) is 0.852. The van der Waals surface area contributed by atoms with E-state index >= 15 is 0 Å². The first-order chi connectivity index (χ1) is 14.1. The average molecular weight is 392 g/mol. The van der Waals surface area contributed by atoms with Gasteiger partial charge in [-0.3, -0.25) is 4.90 Å². The minimum absolute atomic E-state index is 0.332. The Morgan fingerprint density at radius 3 is 2.69 bits per heavy atom. The van der Waals surface area contributed by atoms with Crippen LogP contribution in [0.1, 0.15) is 53.3 Å². The Bertz CT molecular complexity index is 900. The maximum atomic E-state index is 11.8. The lowest BCUT2D eigenvalue weighted by atomic mass is 9.74. The van der Waals surface area contributed by atoms with Gasteiger partial charge in [0.2, 0.25) is 0 Å². The maximum absolute atomic E-state index is 11.8. The second-order valence-corrected chi connectivity index (χ2v) is 9.02. The molecule has 1 aromatic heterocycles. The molecule has 4 heterocycles. The van der Waals surface area contributed by atoms with E-state index in [9.17, 15) is 9.90 Å². The molecule has 4 atom stereocenters. The van der Waals surface area contributed by atoms with Crippen molar-refractivity contribution in [1.29, 1.82) is 0 Å². The van der Waals surface area contributed by atoms with Crippen molar-refractivity contribution in [3.05, 3.63) is 59.3 Å². The van der Waals surface area contributed by atoms with Crippen LogP contribution in [0.3, 0.4) is 0 Å². The average Bonchev–Trinajstić information content (AvgIpc) is 2.73. The van der Waals surface area contributed by atoms with Crippen LogP contribution in [0.15, 0.2) is 42.5 Å². The van der Waals surface area contributed by atoms with E-state index in [4.69, 9.17) is 0 Å². The molecule has 5 rings (SSSR count). The van der Waals surface area contributed by atoms with Gasteiger partial charge in [-0.25, -0.2) is 9.78 Å². The molecule has 3 fully saturated rings. The summed E-state index contributed by atoms with van der Waals surface area (Å²) in [6.45, 7) is 4.85. The summed E-state index contributed by atoms with van der Waals surface area (Å²) < 4.78 is 0. The number of rotatable bonds is 3. The summed E-state index contributed by atoms with van der Waals surface area (Å²) in [5.41, 5.74) is 2.66. The lowest BCUT2D eigenvalue weighted by Gasteiger charge is -2.55. The number of pyridine rings is 1. The number of hydrogen-bond donors (Lipinski definition) is 1. The highest BCUT2D eigenvalue weighted by Crippen LogP contribution is 2.45. The first kappa shape index (κ1) is 18.6. The molecule has 0 aliphatic carbocycles. The largest absolute Gasteiger partial charge is 0.478 e. The van der Waals surface area contributed by atoms with E-state index in [1.807, 2.05) is 6.92 Å². The van der Waals surface area contributed by atoms with Crippen LogP contribution in [0.4, 0.5) is 5.82 Å². The molecule has 3 aliphatic heterocycles. The monoisotopic (exact) mass is 391 g/mol. The number of aromatic carboxylic acids is 1. The third-order valence-corrected chi connectivity index (χ3v) is 7.12. The van der Waals surface area contributed by atoms with Gasteiger partial charge in [-0.2, -0.15) is 0 Å². The van der Waals surface area contributed by atoms with Crippen LogP contribution in [0.2, 0.25) is 0 Å². The summed E-state index contributed by atoms with van der Waals surface area (Å²) in [5.74, 6) is 0.930. The van der Waals surface area contributed by atoms with Gasteiger partial charge in [-0.15, -0.1) is 0 Å². The number of carboxylic acid groups (broad SMARTS) is 1. The molecule has 3 saturated heterocycles. The van der Waals surface area contributed by atoms with Crippen molar-refractivity contribution < 1.29 is 9.90 Å². The smallest absolute Gasteiger partial charge is 0.339 e. The fourth-order valence-electron chi connectivity index (χ4n) is 5.97. The number of aromatic nitrogens is 1. The summed E-state index contributed by atoms with van der Waals surface area (Å²) in [4.78, 5) is 21.5. The first-order valence-corrected chi connectivity index (χ1v) is 10.9. The van der Waals surface area contributed by atoms with Crippen molar-refractivity contribution in [2.24, 2.45) is 11.8 Å². The normalized spacial score (nSPS) is 29.3. The molecule has 5 heteroatoms. The predicted octanol–water partition coefficient (Wildman–Crippen LogP) is 4.14. The number of carboxylic acids is 1. The number of carbonyl (C=O) groups is 1. The van der Waals surface area contributed by atoms with Crippen LogP contribution in [-0.4, -0.2) is 46.6 Å². The molecular formula is C24H29N3O2. The van der Waals surface area contributed by atoms with E-state index in [-0.39, 0.29) is 0 Å². The summed E-state index contributed by atoms with van der Waals surface area (Å²) >= 11 is 0. The number of fused-ring (bicyclic) bond motifs is 4. The van der Waals surface area contributed by atoms with Crippen LogP contribution in [-0.2, 0) is 0 Å². The Balaban J connectivity index is 1.42. The van der Waals surface area contributed by atoms with Gasteiger partial charge < -0.3 is 10.0 Å². The molecule has 29 heavy (non-hydrogen) atoms. The highest BCUT2D eigenvalue weighted by atomic mass is 16.4. The van der Waals surface area contributed by atoms with Crippen LogP contribution in [0, 0.1) is 18.8 Å². The molecule has 152 valence electrons. The van der Waals surface area contributed by atoms with Crippen LogP contribution < -0.4 is 4.90 Å². The highest BCUT2D eigenvalue weighted by molar-refractivity contribution is 5.93. The fourth-order valence-corrected chi connectivity index (χ4v) is 5.97. The number of piperidine rings is 3. The number of aryl methyl sites for hydroxylation is 1. The Hall–Kier alpha value is -2.40. The topological polar surface area (TPSA) is 56.7 Å². The summed E-state index contributed by atoms with van der Waals surface area (Å²) in [5, 5.41) is 9.66. The van der Waals surface area contributed by atoms with E-state index in [0.29, 0.717) is 35.3 Å². The van der Waals surface area contributed by atoms with Crippen molar-refractivity contribution in [2.45, 2.75) is 44.7 Å². The number of benzene rings is 1. The summed E-state index contributed by atoms with van der Waals surface area (Å²) in [6, 6.07) is 15.6. The summed E-state index contributed by atoms with van der Waals surface area (Å²) in [6.07, 6.45) is 5.02. The van der Waals surface area contributed by atoms with Crippen LogP contribution in [0.25, 0.3) is 0 Å². The lowest BCUT2D eigenvalue weighted by molar-refractivity contribution is -0.0201. The van der Waals surface area contributed by atoms with E-state index in [0.717, 1.165) is 25.3 Å². The van der Waals surface area contributed by atoms with E-state index in [1.165, 1.54) is 31.2 Å². The second-order valence-electron chi connectivity index (χ2n) is 9.02. The van der Waals surface area contributed by atoms with Gasteiger partial charge in [0.05, 0.1) is 0 Å². The predicted molar refractivity (Wildman–Crippen MR) is 113 cm³/mol. The van der Waals surface area contributed by atoms with E-state index in [1.54, 1.807) is 12.1 Å². The zero-order valence-electron chi connectivity index (χ0n) is 17.0. The zero-order chi connectivity index (χ0) is 20.0. The SMILES string of the molecule is Cc1ccc(C(=O)O)c(N2C[C@@H]3C[C@H](C2)[C@@H]2CCC[C@H](c4ccccc4)N2C3)n1. The molecule has 1 N–H and O–H groups in total. The maximum Gasteiger partial charge on any atom is 0.339 e. The number of anilines is 1. The second kappa shape index (κ2) is 7.45. The molecular weight excluding hydrogens is 362 g/mol. The van der Waals surface area contributed by atoms with Gasteiger partial charge in [0.25, 0.3) is 0 Å². The third kappa shape index (κ3) is 3.42. The first-order valence-electron chi connectivity index (χ1n) is 10.9. The Kier molecular flexibility index (Phi) is 4.78. The number of hydrogen-bond acceptors (Lipinski definition) is 4. The highest BCUT2D eigenvalue weighted by Gasteiger charge is 2.45. The molecule has 2 aromatic rings. The molecule has 2 bridgehead atoms. The minimum Gasteiger partial charge on any atom is -0.478 e. The molecule has 0 saturated carbocycles.